The number of nitrogens with zero attached hydrogens (tertiary/aromatic N) is 3. The maximum Gasteiger partial charge on any atom is 0.187 e. The van der Waals surface area contributed by atoms with Crippen LogP contribution < -0.4 is 5.73 Å². The molecule has 0 radical (unpaired) electrons. The van der Waals surface area contributed by atoms with Crippen molar-refractivity contribution in [1.82, 2.24) is 9.91 Å². The van der Waals surface area contributed by atoms with E-state index in [0.29, 0.717) is 17.1 Å². The van der Waals surface area contributed by atoms with E-state index >= 15 is 0 Å². The molecule has 0 spiro atoms. The van der Waals surface area contributed by atoms with Gasteiger partial charge in [-0.15, -0.1) is 0 Å². The molecule has 0 aliphatic carbocycles. The highest BCUT2D eigenvalue weighted by Gasteiger charge is 2.43. The van der Waals surface area contributed by atoms with Gasteiger partial charge in [-0.1, -0.05) is 0 Å². The summed E-state index contributed by atoms with van der Waals surface area (Å²) in [5.74, 6) is 0.698. The number of hydrogen-bond donors (Lipinski definition) is 1. The van der Waals surface area contributed by atoms with Crippen LogP contribution in [0.5, 0.6) is 0 Å². The van der Waals surface area contributed by atoms with Gasteiger partial charge in [0.05, 0.1) is 18.3 Å². The summed E-state index contributed by atoms with van der Waals surface area (Å²) in [6.45, 7) is 3.32. The van der Waals surface area contributed by atoms with Gasteiger partial charge in [0.15, 0.2) is 5.11 Å². The maximum atomic E-state index is 5.60. The smallest absolute Gasteiger partial charge is 0.187 e. The Morgan fingerprint density at radius 1 is 1.43 bits per heavy atom. The van der Waals surface area contributed by atoms with Gasteiger partial charge in [0.2, 0.25) is 0 Å². The van der Waals surface area contributed by atoms with Gasteiger partial charge >= 0.3 is 0 Å². The summed E-state index contributed by atoms with van der Waals surface area (Å²) in [4.78, 5) is 2.51. The van der Waals surface area contributed by atoms with Crippen LogP contribution in [0.25, 0.3) is 0 Å². The largest absolute Gasteiger partial charge is 0.375 e. The molecule has 0 aromatic heterocycles. The second-order valence-corrected chi connectivity index (χ2v) is 4.69. The zero-order chi connectivity index (χ0) is 9.71. The van der Waals surface area contributed by atoms with E-state index in [1.807, 2.05) is 0 Å². The van der Waals surface area contributed by atoms with E-state index < -0.39 is 0 Å². The van der Waals surface area contributed by atoms with Gasteiger partial charge in [-0.2, -0.15) is 5.10 Å². The lowest BCUT2D eigenvalue weighted by Crippen LogP contribution is -2.55. The maximum absolute atomic E-state index is 5.60. The van der Waals surface area contributed by atoms with Crippen LogP contribution in [0.2, 0.25) is 0 Å². The molecule has 0 unspecified atom stereocenters. The van der Waals surface area contributed by atoms with E-state index in [4.69, 9.17) is 18.0 Å². The number of nitrogens with two attached hydrogens (primary N) is 1. The highest BCUT2D eigenvalue weighted by Crippen LogP contribution is 2.33. The molecule has 5 heteroatoms. The van der Waals surface area contributed by atoms with E-state index in [2.05, 4.69) is 10.0 Å². The standard InChI is InChI=1S/C9H14N4S/c10-9(14)13-5-7-8(11-13)6-1-3-12(7)4-2-6/h6-7H,1-5H2,(H2,10,14)/t7-/m0/s1. The minimum Gasteiger partial charge on any atom is -0.375 e. The molecule has 0 aromatic carbocycles. The first-order chi connectivity index (χ1) is 6.75. The average molecular weight is 210 g/mol. The molecular formula is C9H14N4S. The van der Waals surface area contributed by atoms with Gasteiger partial charge in [0.25, 0.3) is 0 Å². The molecule has 3 fully saturated rings. The molecular weight excluding hydrogens is 196 g/mol. The molecule has 1 atom stereocenters. The van der Waals surface area contributed by atoms with Gasteiger partial charge in [-0.25, -0.2) is 5.01 Å². The zero-order valence-electron chi connectivity index (χ0n) is 8.02. The second kappa shape index (κ2) is 2.90. The topological polar surface area (TPSA) is 44.9 Å². The lowest BCUT2D eigenvalue weighted by Gasteiger charge is -2.43. The molecule has 76 valence electrons. The number of rotatable bonds is 0. The van der Waals surface area contributed by atoms with Crippen molar-refractivity contribution >= 4 is 23.0 Å². The molecule has 4 aliphatic rings. The second-order valence-electron chi connectivity index (χ2n) is 4.27. The zero-order valence-corrected chi connectivity index (χ0v) is 8.83. The number of hydrogen-bond acceptors (Lipinski definition) is 3. The molecule has 14 heavy (non-hydrogen) atoms. The monoisotopic (exact) mass is 210 g/mol. The third-order valence-corrected chi connectivity index (χ3v) is 3.78. The lowest BCUT2D eigenvalue weighted by atomic mass is 9.82. The van der Waals surface area contributed by atoms with Crippen LogP contribution in [-0.4, -0.2) is 46.4 Å². The molecule has 4 aliphatic heterocycles. The van der Waals surface area contributed by atoms with Gasteiger partial charge in [0, 0.05) is 5.92 Å². The van der Waals surface area contributed by atoms with Crippen molar-refractivity contribution < 1.29 is 0 Å². The van der Waals surface area contributed by atoms with Crippen LogP contribution in [0.15, 0.2) is 5.10 Å². The number of thiocarbonyl (C=S) groups is 1. The first kappa shape index (κ1) is 8.61. The molecule has 2 bridgehead atoms. The van der Waals surface area contributed by atoms with E-state index in [9.17, 15) is 0 Å². The van der Waals surface area contributed by atoms with Crippen LogP contribution >= 0.6 is 12.2 Å². The molecule has 0 aromatic rings. The normalized spacial score (nSPS) is 39.6. The minimum atomic E-state index is 0.410. The fraction of sp³-hybridized carbons (Fsp3) is 0.778. The van der Waals surface area contributed by atoms with Crippen molar-refractivity contribution in [2.45, 2.75) is 18.9 Å². The summed E-state index contributed by atoms with van der Waals surface area (Å²) in [7, 11) is 0. The lowest BCUT2D eigenvalue weighted by molar-refractivity contribution is 0.146. The summed E-state index contributed by atoms with van der Waals surface area (Å²) in [6.07, 6.45) is 2.53. The van der Waals surface area contributed by atoms with Crippen LogP contribution in [0, 0.1) is 5.92 Å². The Bertz CT molecular complexity index is 306. The van der Waals surface area contributed by atoms with Crippen LogP contribution in [0.3, 0.4) is 0 Å². The summed E-state index contributed by atoms with van der Waals surface area (Å²) in [6, 6.07) is 0.504. The summed E-state index contributed by atoms with van der Waals surface area (Å²) < 4.78 is 0. The van der Waals surface area contributed by atoms with Crippen LogP contribution in [-0.2, 0) is 0 Å². The quantitative estimate of drug-likeness (QED) is 0.571. The molecule has 3 saturated heterocycles. The van der Waals surface area contributed by atoms with Crippen molar-refractivity contribution in [2.24, 2.45) is 16.8 Å². The number of fused-ring (bicyclic) bond motifs is 2. The van der Waals surface area contributed by atoms with Gasteiger partial charge in [-0.05, 0) is 38.1 Å². The van der Waals surface area contributed by atoms with Crippen molar-refractivity contribution in [1.29, 1.82) is 0 Å². The van der Waals surface area contributed by atoms with E-state index in [1.54, 1.807) is 5.01 Å². The molecule has 4 heterocycles. The minimum absolute atomic E-state index is 0.410. The highest BCUT2D eigenvalue weighted by atomic mass is 32.1. The van der Waals surface area contributed by atoms with Gasteiger partial charge in [-0.3, -0.25) is 4.90 Å². The number of piperidine rings is 3. The van der Waals surface area contributed by atoms with Crippen molar-refractivity contribution in [3.05, 3.63) is 0 Å². The Morgan fingerprint density at radius 3 is 2.71 bits per heavy atom. The predicted octanol–water partition coefficient (Wildman–Crippen LogP) is -0.00420. The summed E-state index contributed by atoms with van der Waals surface area (Å²) >= 11 is 4.95. The molecule has 0 amide bonds. The fourth-order valence-corrected chi connectivity index (χ4v) is 2.92. The van der Waals surface area contributed by atoms with Crippen molar-refractivity contribution in [3.8, 4) is 0 Å². The van der Waals surface area contributed by atoms with Crippen LogP contribution in [0.4, 0.5) is 0 Å². The SMILES string of the molecule is NC(=S)N1C[C@H]2C(=N1)C1CCN2CC1. The molecule has 2 N–H and O–H groups in total. The Hall–Kier alpha value is -0.680. The first-order valence-corrected chi connectivity index (χ1v) is 5.56. The Balaban J connectivity index is 1.90. The Kier molecular flexibility index (Phi) is 1.79. The Labute approximate surface area is 88.7 Å². The molecule has 4 rings (SSSR count). The Morgan fingerprint density at radius 2 is 2.14 bits per heavy atom. The summed E-state index contributed by atoms with van der Waals surface area (Å²) in [5, 5.41) is 6.73. The average Bonchev–Trinajstić information content (AvgIpc) is 2.65. The molecule has 4 nitrogen and oxygen atoms in total. The van der Waals surface area contributed by atoms with E-state index in [1.165, 1.54) is 31.6 Å². The van der Waals surface area contributed by atoms with E-state index in [-0.39, 0.29) is 0 Å². The van der Waals surface area contributed by atoms with Crippen LogP contribution in [0.1, 0.15) is 12.8 Å². The third kappa shape index (κ3) is 1.09. The van der Waals surface area contributed by atoms with Gasteiger partial charge in [0.1, 0.15) is 0 Å². The molecule has 0 saturated carbocycles. The third-order valence-electron chi connectivity index (χ3n) is 3.57. The van der Waals surface area contributed by atoms with Gasteiger partial charge < -0.3 is 5.73 Å². The van der Waals surface area contributed by atoms with E-state index in [0.717, 1.165) is 6.54 Å². The fourth-order valence-electron chi connectivity index (χ4n) is 2.81. The first-order valence-electron chi connectivity index (χ1n) is 5.15. The van der Waals surface area contributed by atoms with Crippen molar-refractivity contribution in [2.75, 3.05) is 19.6 Å². The number of hydrazone groups is 1. The van der Waals surface area contributed by atoms with Crippen molar-refractivity contribution in [3.63, 3.8) is 0 Å². The predicted molar refractivity (Wildman–Crippen MR) is 59.0 cm³/mol. The highest BCUT2D eigenvalue weighted by molar-refractivity contribution is 7.80. The summed E-state index contributed by atoms with van der Waals surface area (Å²) in [5.41, 5.74) is 6.92.